The summed E-state index contributed by atoms with van der Waals surface area (Å²) in [5, 5.41) is 3.34. The Labute approximate surface area is 146 Å². The van der Waals surface area contributed by atoms with Crippen LogP contribution in [0, 0.1) is 13.8 Å². The highest BCUT2D eigenvalue weighted by Crippen LogP contribution is 2.21. The first-order valence-corrected chi connectivity index (χ1v) is 8.04. The molecule has 0 spiro atoms. The zero-order valence-electron chi connectivity index (χ0n) is 13.9. The third-order valence-corrected chi connectivity index (χ3v) is 4.17. The van der Waals surface area contributed by atoms with Gasteiger partial charge in [0.2, 0.25) is 0 Å². The molecule has 2 aromatic rings. The lowest BCUT2D eigenvalue weighted by Crippen LogP contribution is -2.31. The number of aryl methyl sites for hydroxylation is 2. The fraction of sp³-hybridized carbons (Fsp3) is 0.263. The maximum Gasteiger partial charge on any atom is 0.338 e. The van der Waals surface area contributed by atoms with Gasteiger partial charge in [-0.2, -0.15) is 0 Å². The van der Waals surface area contributed by atoms with Crippen molar-refractivity contribution in [3.05, 3.63) is 69.7 Å². The van der Waals surface area contributed by atoms with Gasteiger partial charge in [0.05, 0.1) is 11.6 Å². The van der Waals surface area contributed by atoms with E-state index in [9.17, 15) is 9.59 Å². The topological polar surface area (TPSA) is 55.4 Å². The van der Waals surface area contributed by atoms with E-state index in [0.29, 0.717) is 10.6 Å². The first-order valence-electron chi connectivity index (χ1n) is 7.66. The molecule has 0 aliphatic carbocycles. The van der Waals surface area contributed by atoms with Gasteiger partial charge in [0, 0.05) is 5.02 Å². The van der Waals surface area contributed by atoms with Crippen LogP contribution >= 0.6 is 11.6 Å². The summed E-state index contributed by atoms with van der Waals surface area (Å²) >= 11 is 6.10. The van der Waals surface area contributed by atoms with Crippen molar-refractivity contribution < 1.29 is 14.3 Å². The predicted molar refractivity (Wildman–Crippen MR) is 94.2 cm³/mol. The third-order valence-electron chi connectivity index (χ3n) is 3.83. The predicted octanol–water partition coefficient (Wildman–Crippen LogP) is 3.99. The van der Waals surface area contributed by atoms with Gasteiger partial charge in [-0.15, -0.1) is 0 Å². The summed E-state index contributed by atoms with van der Waals surface area (Å²) in [6, 6.07) is 12.3. The summed E-state index contributed by atoms with van der Waals surface area (Å²) < 4.78 is 5.07. The lowest BCUT2D eigenvalue weighted by molar-refractivity contribution is -0.124. The van der Waals surface area contributed by atoms with E-state index in [4.69, 9.17) is 16.3 Å². The number of hydrogen-bond donors (Lipinski definition) is 1. The van der Waals surface area contributed by atoms with Crippen molar-refractivity contribution in [1.82, 2.24) is 5.32 Å². The van der Waals surface area contributed by atoms with Crippen LogP contribution in [0.2, 0.25) is 5.02 Å². The molecule has 0 saturated heterocycles. The number of amides is 1. The van der Waals surface area contributed by atoms with Crippen molar-refractivity contribution >= 4 is 23.5 Å². The van der Waals surface area contributed by atoms with Gasteiger partial charge in [-0.25, -0.2) is 4.79 Å². The Morgan fingerprint density at radius 2 is 1.83 bits per heavy atom. The molecular weight excluding hydrogens is 326 g/mol. The second-order valence-electron chi connectivity index (χ2n) is 5.69. The van der Waals surface area contributed by atoms with Crippen LogP contribution in [0.4, 0.5) is 0 Å². The summed E-state index contributed by atoms with van der Waals surface area (Å²) in [7, 11) is 0. The molecule has 4 nitrogen and oxygen atoms in total. The number of hydrogen-bond acceptors (Lipinski definition) is 3. The van der Waals surface area contributed by atoms with Gasteiger partial charge in [0.15, 0.2) is 6.61 Å². The van der Waals surface area contributed by atoms with E-state index in [0.717, 1.165) is 16.7 Å². The number of halogens is 1. The SMILES string of the molecule is Cc1ccc(C(=O)OCC(=O)N[C@H](C)c2ccccc2Cl)cc1C. The Bertz CT molecular complexity index is 758. The molecule has 0 unspecified atom stereocenters. The zero-order valence-corrected chi connectivity index (χ0v) is 14.7. The highest BCUT2D eigenvalue weighted by atomic mass is 35.5. The van der Waals surface area contributed by atoms with Gasteiger partial charge in [-0.3, -0.25) is 4.79 Å². The molecule has 0 heterocycles. The Morgan fingerprint density at radius 3 is 2.50 bits per heavy atom. The minimum absolute atomic E-state index is 0.272. The largest absolute Gasteiger partial charge is 0.452 e. The highest BCUT2D eigenvalue weighted by molar-refractivity contribution is 6.31. The van der Waals surface area contributed by atoms with E-state index in [-0.39, 0.29) is 18.6 Å². The fourth-order valence-corrected chi connectivity index (χ4v) is 2.57. The van der Waals surface area contributed by atoms with Crippen molar-refractivity contribution in [3.63, 3.8) is 0 Å². The maximum atomic E-state index is 12.0. The molecule has 5 heteroatoms. The Morgan fingerprint density at radius 1 is 1.12 bits per heavy atom. The van der Waals surface area contributed by atoms with E-state index in [1.54, 1.807) is 18.2 Å². The van der Waals surface area contributed by atoms with Crippen molar-refractivity contribution in [2.45, 2.75) is 26.8 Å². The Balaban J connectivity index is 1.89. The quantitative estimate of drug-likeness (QED) is 0.833. The van der Waals surface area contributed by atoms with Crippen LogP contribution in [0.15, 0.2) is 42.5 Å². The van der Waals surface area contributed by atoms with E-state index in [1.165, 1.54) is 0 Å². The lowest BCUT2D eigenvalue weighted by Gasteiger charge is -2.15. The molecule has 126 valence electrons. The van der Waals surface area contributed by atoms with Crippen LogP contribution < -0.4 is 5.32 Å². The van der Waals surface area contributed by atoms with Crippen LogP contribution in [0.3, 0.4) is 0 Å². The van der Waals surface area contributed by atoms with Crippen molar-refractivity contribution in [2.24, 2.45) is 0 Å². The molecule has 24 heavy (non-hydrogen) atoms. The number of esters is 1. The van der Waals surface area contributed by atoms with Crippen LogP contribution in [0.25, 0.3) is 0 Å². The highest BCUT2D eigenvalue weighted by Gasteiger charge is 2.15. The van der Waals surface area contributed by atoms with Crippen molar-refractivity contribution in [3.8, 4) is 0 Å². The standard InChI is InChI=1S/C19H20ClNO3/c1-12-8-9-15(10-13(12)2)19(23)24-11-18(22)21-14(3)16-6-4-5-7-17(16)20/h4-10,14H,11H2,1-3H3,(H,21,22)/t14-/m1/s1. The zero-order chi connectivity index (χ0) is 17.7. The monoisotopic (exact) mass is 345 g/mol. The summed E-state index contributed by atoms with van der Waals surface area (Å²) in [4.78, 5) is 24.0. The average Bonchev–Trinajstić information content (AvgIpc) is 2.55. The Kier molecular flexibility index (Phi) is 5.99. The maximum absolute atomic E-state index is 12.0. The minimum atomic E-state index is -0.515. The van der Waals surface area contributed by atoms with Gasteiger partial charge in [-0.1, -0.05) is 35.9 Å². The molecule has 0 bridgehead atoms. The Hall–Kier alpha value is -2.33. The van der Waals surface area contributed by atoms with Gasteiger partial charge in [0.25, 0.3) is 5.91 Å². The smallest absolute Gasteiger partial charge is 0.338 e. The number of benzene rings is 2. The molecule has 0 radical (unpaired) electrons. The normalized spacial score (nSPS) is 11.7. The summed E-state index contributed by atoms with van der Waals surface area (Å²) in [5.74, 6) is -0.891. The number of ether oxygens (including phenoxy) is 1. The first kappa shape index (κ1) is 18.0. The fourth-order valence-electron chi connectivity index (χ4n) is 2.27. The number of carbonyl (C=O) groups excluding carboxylic acids is 2. The average molecular weight is 346 g/mol. The van der Waals surface area contributed by atoms with Crippen molar-refractivity contribution in [1.29, 1.82) is 0 Å². The molecule has 1 amide bonds. The second kappa shape index (κ2) is 7.97. The molecule has 1 atom stereocenters. The molecule has 2 rings (SSSR count). The molecule has 2 aromatic carbocycles. The van der Waals surface area contributed by atoms with E-state index in [1.807, 2.05) is 45.0 Å². The van der Waals surface area contributed by atoms with Crippen LogP contribution in [-0.2, 0) is 9.53 Å². The molecular formula is C19H20ClNO3. The van der Waals surface area contributed by atoms with Crippen LogP contribution in [0.5, 0.6) is 0 Å². The minimum Gasteiger partial charge on any atom is -0.452 e. The molecule has 0 fully saturated rings. The lowest BCUT2D eigenvalue weighted by atomic mass is 10.1. The number of nitrogens with one attached hydrogen (secondary N) is 1. The van der Waals surface area contributed by atoms with E-state index in [2.05, 4.69) is 5.32 Å². The second-order valence-corrected chi connectivity index (χ2v) is 6.09. The van der Waals surface area contributed by atoms with Gasteiger partial charge in [0.1, 0.15) is 0 Å². The third kappa shape index (κ3) is 4.59. The van der Waals surface area contributed by atoms with Gasteiger partial charge in [-0.05, 0) is 55.7 Å². The number of carbonyl (C=O) groups is 2. The summed E-state index contributed by atoms with van der Waals surface area (Å²) in [5.41, 5.74) is 3.34. The molecule has 1 N–H and O–H groups in total. The van der Waals surface area contributed by atoms with E-state index < -0.39 is 5.97 Å². The molecule has 0 aromatic heterocycles. The molecule has 0 saturated carbocycles. The molecule has 0 aliphatic heterocycles. The van der Waals surface area contributed by atoms with Crippen molar-refractivity contribution in [2.75, 3.05) is 6.61 Å². The number of rotatable bonds is 5. The van der Waals surface area contributed by atoms with Gasteiger partial charge >= 0.3 is 5.97 Å². The van der Waals surface area contributed by atoms with Gasteiger partial charge < -0.3 is 10.1 Å². The first-order chi connectivity index (χ1) is 11.4. The summed E-state index contributed by atoms with van der Waals surface area (Å²) in [6.07, 6.45) is 0. The summed E-state index contributed by atoms with van der Waals surface area (Å²) in [6.45, 7) is 5.38. The van der Waals surface area contributed by atoms with Crippen LogP contribution in [0.1, 0.15) is 40.0 Å². The van der Waals surface area contributed by atoms with Crippen LogP contribution in [-0.4, -0.2) is 18.5 Å². The van der Waals surface area contributed by atoms with E-state index >= 15 is 0 Å². The molecule has 0 aliphatic rings.